The lowest BCUT2D eigenvalue weighted by Crippen LogP contribution is -2.22. The van der Waals surface area contributed by atoms with Gasteiger partial charge >= 0.3 is 5.97 Å². The van der Waals surface area contributed by atoms with Crippen molar-refractivity contribution in [3.8, 4) is 6.07 Å². The summed E-state index contributed by atoms with van der Waals surface area (Å²) >= 11 is 0. The maximum Gasteiger partial charge on any atom is 0.305 e. The van der Waals surface area contributed by atoms with E-state index < -0.39 is 11.8 Å². The number of carboxylic acids is 1. The van der Waals surface area contributed by atoms with Gasteiger partial charge in [-0.3, -0.25) is 4.79 Å². The van der Waals surface area contributed by atoms with Gasteiger partial charge in [-0.1, -0.05) is 13.0 Å². The molecule has 0 saturated carbocycles. The molecule has 4 nitrogen and oxygen atoms in total. The minimum absolute atomic E-state index is 0.0715. The summed E-state index contributed by atoms with van der Waals surface area (Å²) in [4.78, 5) is 10.6. The van der Waals surface area contributed by atoms with E-state index in [0.29, 0.717) is 12.1 Å². The van der Waals surface area contributed by atoms with E-state index in [1.807, 2.05) is 6.92 Å². The molecule has 1 atom stereocenters. The van der Waals surface area contributed by atoms with Gasteiger partial charge in [0, 0.05) is 6.04 Å². The molecule has 1 rings (SSSR count). The van der Waals surface area contributed by atoms with Crippen LogP contribution < -0.4 is 5.32 Å². The first-order valence-corrected chi connectivity index (χ1v) is 5.25. The Morgan fingerprint density at radius 3 is 2.88 bits per heavy atom. The molecule has 1 aromatic carbocycles. The van der Waals surface area contributed by atoms with Crippen molar-refractivity contribution < 1.29 is 14.3 Å². The third kappa shape index (κ3) is 3.45. The van der Waals surface area contributed by atoms with E-state index in [4.69, 9.17) is 10.4 Å². The van der Waals surface area contributed by atoms with Crippen LogP contribution in [0.2, 0.25) is 0 Å². The fourth-order valence-corrected chi connectivity index (χ4v) is 1.49. The molecule has 0 bridgehead atoms. The standard InChI is InChI=1S/C12H13FN2O2/c1-2-8(6-12(16)17)15-11-5-3-4-10(13)9(11)7-14/h3-5,8,15H,2,6H2,1H3,(H,16,17). The lowest BCUT2D eigenvalue weighted by Gasteiger charge is -2.17. The Morgan fingerprint density at radius 2 is 2.35 bits per heavy atom. The van der Waals surface area contributed by atoms with Crippen molar-refractivity contribution in [1.29, 1.82) is 5.26 Å². The molecule has 0 spiro atoms. The van der Waals surface area contributed by atoms with E-state index in [0.717, 1.165) is 0 Å². The molecule has 90 valence electrons. The molecule has 0 amide bonds. The van der Waals surface area contributed by atoms with Gasteiger partial charge in [0.15, 0.2) is 0 Å². The van der Waals surface area contributed by atoms with Crippen molar-refractivity contribution in [1.82, 2.24) is 0 Å². The second kappa shape index (κ2) is 5.85. The summed E-state index contributed by atoms with van der Waals surface area (Å²) in [5, 5.41) is 20.4. The third-order valence-electron chi connectivity index (χ3n) is 2.40. The van der Waals surface area contributed by atoms with E-state index in [-0.39, 0.29) is 18.0 Å². The lowest BCUT2D eigenvalue weighted by atomic mass is 10.1. The fraction of sp³-hybridized carbons (Fsp3) is 0.333. The van der Waals surface area contributed by atoms with Crippen molar-refractivity contribution in [2.45, 2.75) is 25.8 Å². The quantitative estimate of drug-likeness (QED) is 0.823. The van der Waals surface area contributed by atoms with Crippen LogP contribution in [0, 0.1) is 17.1 Å². The Balaban J connectivity index is 2.90. The molecular weight excluding hydrogens is 223 g/mol. The van der Waals surface area contributed by atoms with Crippen molar-refractivity contribution in [2.24, 2.45) is 0 Å². The van der Waals surface area contributed by atoms with Gasteiger partial charge in [-0.05, 0) is 18.6 Å². The number of aliphatic carboxylic acids is 1. The molecule has 1 unspecified atom stereocenters. The van der Waals surface area contributed by atoms with Gasteiger partial charge in [-0.15, -0.1) is 0 Å². The number of nitrogens with zero attached hydrogens (tertiary/aromatic N) is 1. The highest BCUT2D eigenvalue weighted by atomic mass is 19.1. The van der Waals surface area contributed by atoms with E-state index in [1.54, 1.807) is 12.1 Å². The predicted molar refractivity (Wildman–Crippen MR) is 61.1 cm³/mol. The first kappa shape index (κ1) is 13.0. The first-order valence-electron chi connectivity index (χ1n) is 5.25. The zero-order valence-corrected chi connectivity index (χ0v) is 9.40. The Kier molecular flexibility index (Phi) is 4.46. The van der Waals surface area contributed by atoms with Crippen LogP contribution in [0.3, 0.4) is 0 Å². The van der Waals surface area contributed by atoms with Crippen LogP contribution in [0.1, 0.15) is 25.3 Å². The summed E-state index contributed by atoms with van der Waals surface area (Å²) in [7, 11) is 0. The molecule has 0 aliphatic carbocycles. The summed E-state index contributed by atoms with van der Waals surface area (Å²) in [5.74, 6) is -1.54. The fourth-order valence-electron chi connectivity index (χ4n) is 1.49. The van der Waals surface area contributed by atoms with Gasteiger partial charge in [-0.25, -0.2) is 4.39 Å². The van der Waals surface area contributed by atoms with E-state index >= 15 is 0 Å². The molecule has 0 radical (unpaired) electrons. The summed E-state index contributed by atoms with van der Waals surface area (Å²) in [6.07, 6.45) is 0.506. The zero-order valence-electron chi connectivity index (χ0n) is 9.40. The number of carbonyl (C=O) groups is 1. The van der Waals surface area contributed by atoms with Crippen LogP contribution in [0.4, 0.5) is 10.1 Å². The van der Waals surface area contributed by atoms with Crippen molar-refractivity contribution in [2.75, 3.05) is 5.32 Å². The normalized spacial score (nSPS) is 11.6. The van der Waals surface area contributed by atoms with Crippen LogP contribution in [-0.4, -0.2) is 17.1 Å². The molecule has 0 saturated heterocycles. The molecule has 2 N–H and O–H groups in total. The average molecular weight is 236 g/mol. The number of carboxylic acid groups (broad SMARTS) is 1. The van der Waals surface area contributed by atoms with Crippen molar-refractivity contribution >= 4 is 11.7 Å². The van der Waals surface area contributed by atoms with Crippen molar-refractivity contribution in [3.05, 3.63) is 29.6 Å². The van der Waals surface area contributed by atoms with Gasteiger partial charge in [0.05, 0.1) is 12.1 Å². The van der Waals surface area contributed by atoms with Gasteiger partial charge < -0.3 is 10.4 Å². The van der Waals surface area contributed by atoms with Gasteiger partial charge in [0.25, 0.3) is 0 Å². The van der Waals surface area contributed by atoms with E-state index in [9.17, 15) is 9.18 Å². The summed E-state index contributed by atoms with van der Waals surface area (Å²) in [5.41, 5.74) is 0.247. The molecule has 0 aromatic heterocycles. The number of hydrogen-bond acceptors (Lipinski definition) is 3. The van der Waals surface area contributed by atoms with Gasteiger partial charge in [-0.2, -0.15) is 5.26 Å². The SMILES string of the molecule is CCC(CC(=O)O)Nc1cccc(F)c1C#N. The molecule has 1 aromatic rings. The number of anilines is 1. The number of rotatable bonds is 5. The molecule has 0 fully saturated rings. The van der Waals surface area contributed by atoms with Crippen LogP contribution in [0.25, 0.3) is 0 Å². The highest BCUT2D eigenvalue weighted by Gasteiger charge is 2.14. The Labute approximate surface area is 98.7 Å². The minimum Gasteiger partial charge on any atom is -0.481 e. The Morgan fingerprint density at radius 1 is 1.65 bits per heavy atom. The van der Waals surface area contributed by atoms with Crippen LogP contribution >= 0.6 is 0 Å². The first-order chi connectivity index (χ1) is 8.08. The van der Waals surface area contributed by atoms with Gasteiger partial charge in [0.1, 0.15) is 17.4 Å². The highest BCUT2D eigenvalue weighted by molar-refractivity contribution is 5.69. The van der Waals surface area contributed by atoms with Gasteiger partial charge in [0.2, 0.25) is 0 Å². The largest absolute Gasteiger partial charge is 0.481 e. The highest BCUT2D eigenvalue weighted by Crippen LogP contribution is 2.20. The van der Waals surface area contributed by atoms with Crippen LogP contribution in [-0.2, 0) is 4.79 Å². The van der Waals surface area contributed by atoms with E-state index in [2.05, 4.69) is 5.32 Å². The third-order valence-corrected chi connectivity index (χ3v) is 2.40. The number of benzene rings is 1. The molecule has 0 aliphatic heterocycles. The smallest absolute Gasteiger partial charge is 0.305 e. The molecule has 17 heavy (non-hydrogen) atoms. The second-order valence-corrected chi connectivity index (χ2v) is 3.62. The summed E-state index contributed by atoms with van der Waals surface area (Å²) in [6, 6.07) is 5.68. The molecule has 0 heterocycles. The monoisotopic (exact) mass is 236 g/mol. The van der Waals surface area contributed by atoms with Crippen LogP contribution in [0.5, 0.6) is 0 Å². The van der Waals surface area contributed by atoms with E-state index in [1.165, 1.54) is 12.1 Å². The lowest BCUT2D eigenvalue weighted by molar-refractivity contribution is -0.137. The summed E-state index contributed by atoms with van der Waals surface area (Å²) < 4.78 is 13.3. The number of halogens is 1. The number of nitriles is 1. The zero-order chi connectivity index (χ0) is 12.8. The topological polar surface area (TPSA) is 73.1 Å². The number of hydrogen-bond donors (Lipinski definition) is 2. The van der Waals surface area contributed by atoms with Crippen LogP contribution in [0.15, 0.2) is 18.2 Å². The Bertz CT molecular complexity index is 454. The molecular formula is C12H13FN2O2. The minimum atomic E-state index is -0.931. The Hall–Kier alpha value is -2.09. The molecule has 5 heteroatoms. The maximum absolute atomic E-state index is 13.3. The summed E-state index contributed by atoms with van der Waals surface area (Å²) in [6.45, 7) is 1.83. The molecule has 0 aliphatic rings. The average Bonchev–Trinajstić information content (AvgIpc) is 2.28. The predicted octanol–water partition coefficient (Wildman–Crippen LogP) is 2.36. The van der Waals surface area contributed by atoms with Crippen molar-refractivity contribution in [3.63, 3.8) is 0 Å². The maximum atomic E-state index is 13.3. The number of nitrogens with one attached hydrogen (secondary N) is 1. The second-order valence-electron chi connectivity index (χ2n) is 3.62.